The Balaban J connectivity index is 1.16. The molecule has 0 bridgehead atoms. The predicted molar refractivity (Wildman–Crippen MR) is 210 cm³/mol. The van der Waals surface area contributed by atoms with E-state index in [0.29, 0.717) is 23.0 Å². The summed E-state index contributed by atoms with van der Waals surface area (Å²) in [6, 6.07) is 61.8. The number of fused-ring (bicyclic) bond motifs is 3. The lowest BCUT2D eigenvalue weighted by Crippen LogP contribution is -2.00. The second kappa shape index (κ2) is 13.2. The number of pyridine rings is 1. The Kier molecular flexibility index (Phi) is 7.81. The van der Waals surface area contributed by atoms with Crippen LogP contribution < -0.4 is 0 Å². The van der Waals surface area contributed by atoms with Gasteiger partial charge in [-0.15, -0.1) is 0 Å². The van der Waals surface area contributed by atoms with Gasteiger partial charge in [0, 0.05) is 27.6 Å². The van der Waals surface area contributed by atoms with Crippen LogP contribution >= 0.6 is 0 Å². The van der Waals surface area contributed by atoms with Gasteiger partial charge in [0.1, 0.15) is 0 Å². The van der Waals surface area contributed by atoms with Gasteiger partial charge in [0.25, 0.3) is 0 Å². The molecule has 0 spiro atoms. The average Bonchev–Trinajstić information content (AvgIpc) is 3.24. The summed E-state index contributed by atoms with van der Waals surface area (Å²) >= 11 is 0. The second-order valence-corrected chi connectivity index (χ2v) is 12.6. The molecular weight excluding hydrogens is 635 g/mol. The molecule has 7 aromatic carbocycles. The molecule has 52 heavy (non-hydrogen) atoms. The summed E-state index contributed by atoms with van der Waals surface area (Å²) in [4.78, 5) is 19.8. The fourth-order valence-corrected chi connectivity index (χ4v) is 6.79. The highest BCUT2D eigenvalue weighted by molar-refractivity contribution is 6.17. The standard InChI is InChI=1S/C47H29N5/c48-30-31-19-21-34(22-20-31)43-29-41(32-11-4-1-5-12-32)44-40-18-10-17-38(39(40)27-28-42(44)49-43)33-23-25-37(26-24-33)47-51-45(35-13-6-2-7-14-35)50-46(52-47)36-15-8-3-9-16-36/h1-29H. The monoisotopic (exact) mass is 663 g/mol. The van der Waals surface area contributed by atoms with E-state index < -0.39 is 0 Å². The minimum Gasteiger partial charge on any atom is -0.248 e. The van der Waals surface area contributed by atoms with Crippen molar-refractivity contribution in [3.8, 4) is 73.7 Å². The lowest BCUT2D eigenvalue weighted by atomic mass is 9.91. The Morgan fingerprint density at radius 1 is 0.365 bits per heavy atom. The fourth-order valence-electron chi connectivity index (χ4n) is 6.79. The van der Waals surface area contributed by atoms with E-state index in [0.717, 1.165) is 71.9 Å². The van der Waals surface area contributed by atoms with E-state index in [-0.39, 0.29) is 0 Å². The lowest BCUT2D eigenvalue weighted by molar-refractivity contribution is 1.07. The zero-order chi connectivity index (χ0) is 34.9. The first kappa shape index (κ1) is 30.7. The normalized spacial score (nSPS) is 11.1. The van der Waals surface area contributed by atoms with E-state index >= 15 is 0 Å². The molecule has 5 nitrogen and oxygen atoms in total. The van der Waals surface area contributed by atoms with Gasteiger partial charge in [-0.25, -0.2) is 19.9 Å². The van der Waals surface area contributed by atoms with Crippen LogP contribution in [0, 0.1) is 11.3 Å². The molecule has 0 unspecified atom stereocenters. The van der Waals surface area contributed by atoms with Crippen LogP contribution in [0.5, 0.6) is 0 Å². The van der Waals surface area contributed by atoms with E-state index in [9.17, 15) is 5.26 Å². The molecule has 0 saturated heterocycles. The minimum atomic E-state index is 0.625. The topological polar surface area (TPSA) is 75.3 Å². The maximum absolute atomic E-state index is 9.33. The van der Waals surface area contributed by atoms with E-state index in [1.807, 2.05) is 91.0 Å². The molecule has 0 N–H and O–H groups in total. The fraction of sp³-hybridized carbons (Fsp3) is 0. The Morgan fingerprint density at radius 3 is 1.44 bits per heavy atom. The Bertz CT molecular complexity index is 2700. The van der Waals surface area contributed by atoms with Crippen molar-refractivity contribution in [2.24, 2.45) is 0 Å². The van der Waals surface area contributed by atoms with E-state index in [1.54, 1.807) is 0 Å². The largest absolute Gasteiger partial charge is 0.248 e. The molecule has 0 amide bonds. The Morgan fingerprint density at radius 2 is 0.865 bits per heavy atom. The van der Waals surface area contributed by atoms with E-state index in [1.165, 1.54) is 0 Å². The Hall–Kier alpha value is -7.29. The molecule has 2 aromatic heterocycles. The van der Waals surface area contributed by atoms with Crippen LogP contribution in [0.25, 0.3) is 89.4 Å². The van der Waals surface area contributed by atoms with Gasteiger partial charge in [0.05, 0.1) is 22.8 Å². The van der Waals surface area contributed by atoms with Crippen LogP contribution in [0.1, 0.15) is 5.56 Å². The molecule has 5 heteroatoms. The molecule has 0 atom stereocenters. The molecule has 0 aliphatic rings. The number of nitriles is 1. The number of hydrogen-bond acceptors (Lipinski definition) is 5. The highest BCUT2D eigenvalue weighted by Gasteiger charge is 2.16. The van der Waals surface area contributed by atoms with E-state index in [2.05, 4.69) is 91.0 Å². The maximum Gasteiger partial charge on any atom is 0.164 e. The molecule has 9 rings (SSSR count). The summed E-state index contributed by atoms with van der Waals surface area (Å²) in [6.07, 6.45) is 0. The quantitative estimate of drug-likeness (QED) is 0.166. The zero-order valence-corrected chi connectivity index (χ0v) is 28.0. The third-order valence-electron chi connectivity index (χ3n) is 9.38. The molecule has 0 aliphatic carbocycles. The van der Waals surface area contributed by atoms with Gasteiger partial charge in [-0.3, -0.25) is 0 Å². The summed E-state index contributed by atoms with van der Waals surface area (Å²) in [5, 5.41) is 12.7. The van der Waals surface area contributed by atoms with Gasteiger partial charge < -0.3 is 0 Å². The molecule has 2 heterocycles. The molecule has 242 valence electrons. The third kappa shape index (κ3) is 5.75. The van der Waals surface area contributed by atoms with Crippen molar-refractivity contribution >= 4 is 21.7 Å². The van der Waals surface area contributed by atoms with Crippen LogP contribution in [0.3, 0.4) is 0 Å². The first-order valence-corrected chi connectivity index (χ1v) is 17.1. The third-order valence-corrected chi connectivity index (χ3v) is 9.38. The second-order valence-electron chi connectivity index (χ2n) is 12.6. The molecule has 0 radical (unpaired) electrons. The van der Waals surface area contributed by atoms with Gasteiger partial charge in [0.15, 0.2) is 17.5 Å². The highest BCUT2D eigenvalue weighted by Crippen LogP contribution is 2.40. The molecular formula is C47H29N5. The summed E-state index contributed by atoms with van der Waals surface area (Å²) in [7, 11) is 0. The van der Waals surface area contributed by atoms with Crippen molar-refractivity contribution in [2.45, 2.75) is 0 Å². The maximum atomic E-state index is 9.33. The molecule has 0 saturated carbocycles. The minimum absolute atomic E-state index is 0.625. The van der Waals surface area contributed by atoms with Crippen LogP contribution in [0.15, 0.2) is 176 Å². The summed E-state index contributed by atoms with van der Waals surface area (Å²) in [5.41, 5.74) is 10.6. The van der Waals surface area contributed by atoms with Gasteiger partial charge in [-0.05, 0) is 57.3 Å². The smallest absolute Gasteiger partial charge is 0.164 e. The van der Waals surface area contributed by atoms with Crippen LogP contribution in [-0.2, 0) is 0 Å². The molecule has 0 aliphatic heterocycles. The first-order valence-electron chi connectivity index (χ1n) is 17.1. The van der Waals surface area contributed by atoms with Gasteiger partial charge in [-0.2, -0.15) is 5.26 Å². The van der Waals surface area contributed by atoms with Crippen molar-refractivity contribution in [2.75, 3.05) is 0 Å². The van der Waals surface area contributed by atoms with Crippen molar-refractivity contribution in [1.29, 1.82) is 5.26 Å². The number of benzene rings is 7. The Labute approximate surface area is 301 Å². The van der Waals surface area contributed by atoms with Crippen LogP contribution in [0.4, 0.5) is 0 Å². The van der Waals surface area contributed by atoms with Crippen molar-refractivity contribution in [3.63, 3.8) is 0 Å². The molecule has 9 aromatic rings. The average molecular weight is 664 g/mol. The van der Waals surface area contributed by atoms with Crippen LogP contribution in [-0.4, -0.2) is 19.9 Å². The number of rotatable bonds is 6. The van der Waals surface area contributed by atoms with Gasteiger partial charge in [-0.1, -0.05) is 152 Å². The summed E-state index contributed by atoms with van der Waals surface area (Å²) in [6.45, 7) is 0. The summed E-state index contributed by atoms with van der Waals surface area (Å²) < 4.78 is 0. The zero-order valence-electron chi connectivity index (χ0n) is 28.0. The van der Waals surface area contributed by atoms with Crippen molar-refractivity contribution in [1.82, 2.24) is 19.9 Å². The number of aromatic nitrogens is 4. The number of nitrogens with zero attached hydrogens (tertiary/aromatic N) is 5. The highest BCUT2D eigenvalue weighted by atomic mass is 15.0. The predicted octanol–water partition coefficient (Wildman–Crippen LogP) is 11.4. The lowest BCUT2D eigenvalue weighted by Gasteiger charge is -2.15. The van der Waals surface area contributed by atoms with Gasteiger partial charge >= 0.3 is 0 Å². The number of hydrogen-bond donors (Lipinski definition) is 0. The van der Waals surface area contributed by atoms with Crippen molar-refractivity contribution in [3.05, 3.63) is 181 Å². The first-order chi connectivity index (χ1) is 25.7. The SMILES string of the molecule is N#Cc1ccc(-c2cc(-c3ccccc3)c3c(ccc4c(-c5ccc(-c6nc(-c7ccccc7)nc(-c7ccccc7)n6)cc5)cccc43)n2)cc1. The summed E-state index contributed by atoms with van der Waals surface area (Å²) in [5.74, 6) is 1.90. The molecule has 0 fully saturated rings. The van der Waals surface area contributed by atoms with Crippen molar-refractivity contribution < 1.29 is 0 Å². The van der Waals surface area contributed by atoms with Crippen LogP contribution in [0.2, 0.25) is 0 Å². The van der Waals surface area contributed by atoms with Gasteiger partial charge in [0.2, 0.25) is 0 Å². The van der Waals surface area contributed by atoms with E-state index in [4.69, 9.17) is 19.9 Å².